The molecule has 5 rings (SSSR count). The van der Waals surface area contributed by atoms with Crippen LogP contribution in [0.25, 0.3) is 10.6 Å². The van der Waals surface area contributed by atoms with Crippen LogP contribution in [0.1, 0.15) is 69.4 Å². The zero-order valence-electron chi connectivity index (χ0n) is 20.5. The Morgan fingerprint density at radius 3 is 2.71 bits per heavy atom. The van der Waals surface area contributed by atoms with Gasteiger partial charge in [0.1, 0.15) is 5.01 Å². The lowest BCUT2D eigenvalue weighted by Gasteiger charge is -2.58. The first kappa shape index (κ1) is 23.9. The Labute approximate surface area is 206 Å². The summed E-state index contributed by atoms with van der Waals surface area (Å²) in [5.41, 5.74) is 1.25. The van der Waals surface area contributed by atoms with Crippen LogP contribution in [0, 0.1) is 22.7 Å². The number of likely N-dealkylation sites (tertiary alicyclic amines) is 1. The summed E-state index contributed by atoms with van der Waals surface area (Å²) in [6.07, 6.45) is 7.91. The molecule has 1 amide bonds. The van der Waals surface area contributed by atoms with Crippen molar-refractivity contribution in [1.29, 1.82) is 0 Å². The number of thiazole rings is 1. The highest BCUT2D eigenvalue weighted by atomic mass is 32.1. The lowest BCUT2D eigenvalue weighted by molar-refractivity contribution is -0.147. The maximum atomic E-state index is 13.6. The molecule has 1 saturated carbocycles. The maximum Gasteiger partial charge on any atom is 0.223 e. The molecule has 7 heteroatoms. The van der Waals surface area contributed by atoms with Gasteiger partial charge in [-0.05, 0) is 61.5 Å². The molecule has 184 valence electrons. The molecular formula is C27H37N3O3S. The molecule has 34 heavy (non-hydrogen) atoms. The van der Waals surface area contributed by atoms with E-state index in [0.717, 1.165) is 55.0 Å². The summed E-state index contributed by atoms with van der Waals surface area (Å²) in [5.74, 6) is 0.964. The second-order valence-corrected chi connectivity index (χ2v) is 12.5. The fraction of sp³-hybridized carbons (Fsp3) is 0.667. The van der Waals surface area contributed by atoms with Crippen molar-refractivity contribution in [3.63, 3.8) is 0 Å². The Kier molecular flexibility index (Phi) is 6.32. The number of nitrogens with zero attached hydrogens (tertiary/aromatic N) is 3. The van der Waals surface area contributed by atoms with Gasteiger partial charge in [-0.1, -0.05) is 20.8 Å². The molecule has 3 heterocycles. The molecule has 2 aliphatic carbocycles. The van der Waals surface area contributed by atoms with Crippen molar-refractivity contribution in [1.82, 2.24) is 14.9 Å². The van der Waals surface area contributed by atoms with Gasteiger partial charge in [0.05, 0.1) is 18.4 Å². The first-order chi connectivity index (χ1) is 16.3. The predicted octanol–water partition coefficient (Wildman–Crippen LogP) is 4.27. The number of aromatic nitrogens is 2. The largest absolute Gasteiger partial charge is 0.396 e. The molecule has 0 unspecified atom stereocenters. The molecule has 2 aromatic heterocycles. The van der Waals surface area contributed by atoms with Gasteiger partial charge in [0.15, 0.2) is 0 Å². The molecule has 0 radical (unpaired) electrons. The average molecular weight is 484 g/mol. The molecule has 5 atom stereocenters. The number of carbonyl (C=O) groups excluding carboxylic acids is 1. The molecule has 0 spiro atoms. The number of amides is 1. The third-order valence-corrected chi connectivity index (χ3v) is 10.5. The minimum Gasteiger partial charge on any atom is -0.396 e. The van der Waals surface area contributed by atoms with Crippen LogP contribution >= 0.6 is 11.3 Å². The number of aliphatic hydroxyl groups excluding tert-OH is 2. The Morgan fingerprint density at radius 1 is 1.26 bits per heavy atom. The van der Waals surface area contributed by atoms with Crippen LogP contribution in [0.3, 0.4) is 0 Å². The minimum atomic E-state index is -0.592. The summed E-state index contributed by atoms with van der Waals surface area (Å²) >= 11 is 1.68. The third kappa shape index (κ3) is 3.90. The Hall–Kier alpha value is -1.83. The zero-order chi connectivity index (χ0) is 24.1. The number of hydrogen-bond acceptors (Lipinski definition) is 6. The topological polar surface area (TPSA) is 86.6 Å². The number of fused-ring (bicyclic) bond motifs is 2. The predicted molar refractivity (Wildman–Crippen MR) is 133 cm³/mol. The first-order valence-electron chi connectivity index (χ1n) is 12.7. The Morgan fingerprint density at radius 2 is 2.03 bits per heavy atom. The van der Waals surface area contributed by atoms with Gasteiger partial charge >= 0.3 is 0 Å². The lowest BCUT2D eigenvalue weighted by atomic mass is 9.47. The summed E-state index contributed by atoms with van der Waals surface area (Å²) in [4.78, 5) is 26.2. The SMILES string of the molecule is CC1CCN(C(=O)C[C@H]2c3nc(-c4cccnc4)sc3C[C@H]3[C@](C)(CO)[C@H](O)CC[C@]32C)CC1. The second-order valence-electron chi connectivity index (χ2n) is 11.4. The second kappa shape index (κ2) is 8.99. The van der Waals surface area contributed by atoms with Crippen molar-refractivity contribution in [3.8, 4) is 10.6 Å². The van der Waals surface area contributed by atoms with Gasteiger partial charge in [0.2, 0.25) is 5.91 Å². The first-order valence-corrected chi connectivity index (χ1v) is 13.5. The lowest BCUT2D eigenvalue weighted by Crippen LogP contribution is -2.57. The van der Waals surface area contributed by atoms with Crippen molar-refractivity contribution in [2.24, 2.45) is 22.7 Å². The third-order valence-electron chi connectivity index (χ3n) is 9.32. The highest BCUT2D eigenvalue weighted by Crippen LogP contribution is 2.63. The molecule has 6 nitrogen and oxygen atoms in total. The van der Waals surface area contributed by atoms with E-state index in [-0.39, 0.29) is 29.8 Å². The van der Waals surface area contributed by atoms with Gasteiger partial charge in [-0.25, -0.2) is 4.98 Å². The number of hydrogen-bond donors (Lipinski definition) is 2. The van der Waals surface area contributed by atoms with Gasteiger partial charge in [-0.2, -0.15) is 0 Å². The van der Waals surface area contributed by atoms with E-state index >= 15 is 0 Å². The van der Waals surface area contributed by atoms with Crippen molar-refractivity contribution >= 4 is 17.2 Å². The van der Waals surface area contributed by atoms with E-state index in [1.165, 1.54) is 4.88 Å². The van der Waals surface area contributed by atoms with Gasteiger partial charge in [-0.3, -0.25) is 9.78 Å². The minimum absolute atomic E-state index is 0.0202. The molecule has 2 fully saturated rings. The molecule has 1 saturated heterocycles. The van der Waals surface area contributed by atoms with Crippen LogP contribution in [0.2, 0.25) is 0 Å². The number of rotatable bonds is 4. The molecule has 0 aromatic carbocycles. The van der Waals surface area contributed by atoms with E-state index in [4.69, 9.17) is 4.98 Å². The highest BCUT2D eigenvalue weighted by molar-refractivity contribution is 7.15. The van der Waals surface area contributed by atoms with Gasteiger partial charge in [0, 0.05) is 53.7 Å². The molecular weight excluding hydrogens is 446 g/mol. The quantitative estimate of drug-likeness (QED) is 0.678. The summed E-state index contributed by atoms with van der Waals surface area (Å²) in [6.45, 7) is 8.19. The average Bonchev–Trinajstić information content (AvgIpc) is 3.28. The van der Waals surface area contributed by atoms with E-state index in [9.17, 15) is 15.0 Å². The van der Waals surface area contributed by atoms with Crippen molar-refractivity contribution < 1.29 is 15.0 Å². The smallest absolute Gasteiger partial charge is 0.223 e. The number of carbonyl (C=O) groups is 1. The standard InChI is InChI=1S/C27H37N3O3S/c1-17-7-11-30(12-8-17)23(33)13-19-24-20(34-25(29-24)18-5-4-10-28-15-18)14-21-26(19,2)9-6-22(32)27(21,3)16-31/h4-5,10,15,17,19,21-22,31-32H,6-9,11-14,16H2,1-3H3/t19-,21+,22+,26-,27-/m0/s1. The van der Waals surface area contributed by atoms with Crippen LogP contribution in [0.4, 0.5) is 0 Å². The molecule has 0 bridgehead atoms. The Balaban J connectivity index is 1.55. The van der Waals surface area contributed by atoms with E-state index in [1.54, 1.807) is 17.5 Å². The van der Waals surface area contributed by atoms with E-state index in [1.807, 2.05) is 30.2 Å². The van der Waals surface area contributed by atoms with Crippen molar-refractivity contribution in [2.45, 2.75) is 71.3 Å². The van der Waals surface area contributed by atoms with Crippen LogP contribution in [-0.4, -0.2) is 56.8 Å². The zero-order valence-corrected chi connectivity index (χ0v) is 21.4. The molecule has 2 aromatic rings. The van der Waals surface area contributed by atoms with Crippen molar-refractivity contribution in [2.75, 3.05) is 19.7 Å². The number of aliphatic hydroxyl groups is 2. The summed E-state index contributed by atoms with van der Waals surface area (Å²) < 4.78 is 0. The van der Waals surface area contributed by atoms with Crippen LogP contribution in [0.15, 0.2) is 24.5 Å². The summed E-state index contributed by atoms with van der Waals surface area (Å²) in [6, 6.07) is 3.96. The fourth-order valence-electron chi connectivity index (χ4n) is 6.82. The van der Waals surface area contributed by atoms with Gasteiger partial charge < -0.3 is 15.1 Å². The van der Waals surface area contributed by atoms with E-state index < -0.39 is 11.5 Å². The maximum absolute atomic E-state index is 13.6. The molecule has 2 N–H and O–H groups in total. The number of pyridine rings is 1. The van der Waals surface area contributed by atoms with Crippen LogP contribution in [0.5, 0.6) is 0 Å². The monoisotopic (exact) mass is 483 g/mol. The normalized spacial score (nSPS) is 33.9. The van der Waals surface area contributed by atoms with Gasteiger partial charge in [0.25, 0.3) is 0 Å². The van der Waals surface area contributed by atoms with Crippen molar-refractivity contribution in [3.05, 3.63) is 35.1 Å². The van der Waals surface area contributed by atoms with E-state index in [2.05, 4.69) is 18.8 Å². The number of piperidine rings is 1. The fourth-order valence-corrected chi connectivity index (χ4v) is 7.98. The van der Waals surface area contributed by atoms with Gasteiger partial charge in [-0.15, -0.1) is 11.3 Å². The molecule has 1 aliphatic heterocycles. The van der Waals surface area contributed by atoms with E-state index in [0.29, 0.717) is 18.8 Å². The van der Waals surface area contributed by atoms with Crippen LogP contribution in [-0.2, 0) is 11.2 Å². The molecule has 3 aliphatic rings. The Bertz CT molecular complexity index is 1030. The summed E-state index contributed by atoms with van der Waals surface area (Å²) in [7, 11) is 0. The highest BCUT2D eigenvalue weighted by Gasteiger charge is 2.59. The van der Waals surface area contributed by atoms with Crippen LogP contribution < -0.4 is 0 Å². The summed E-state index contributed by atoms with van der Waals surface area (Å²) in [5, 5.41) is 22.3.